The van der Waals surface area contributed by atoms with Crippen LogP contribution in [0.1, 0.15) is 31.9 Å². The van der Waals surface area contributed by atoms with Crippen molar-refractivity contribution in [3.63, 3.8) is 0 Å². The van der Waals surface area contributed by atoms with Crippen LogP contribution < -0.4 is 5.32 Å². The maximum absolute atomic E-state index is 11.6. The van der Waals surface area contributed by atoms with Crippen molar-refractivity contribution in [3.8, 4) is 0 Å². The van der Waals surface area contributed by atoms with E-state index in [1.165, 1.54) is 5.56 Å². The average Bonchev–Trinajstić information content (AvgIpc) is 2.57. The van der Waals surface area contributed by atoms with Gasteiger partial charge in [0, 0.05) is 11.3 Å². The maximum atomic E-state index is 11.6. The number of amides is 1. The molecular weight excluding hydrogens is 343 g/mol. The first kappa shape index (κ1) is 13.3. The summed E-state index contributed by atoms with van der Waals surface area (Å²) >= 11 is 2.20. The molecular formula is C13H15IN2O2. The monoisotopic (exact) mass is 358 g/mol. The Balaban J connectivity index is 2.09. The fourth-order valence-corrected chi connectivity index (χ4v) is 2.32. The number of nitrogens with one attached hydrogen (secondary N) is 1. The molecule has 0 saturated carbocycles. The number of halogens is 1. The Morgan fingerprint density at radius 1 is 1.44 bits per heavy atom. The van der Waals surface area contributed by atoms with E-state index < -0.39 is 11.7 Å². The van der Waals surface area contributed by atoms with Crippen LogP contribution in [0.3, 0.4) is 0 Å². The molecule has 4 nitrogen and oxygen atoms in total. The summed E-state index contributed by atoms with van der Waals surface area (Å²) in [5.41, 5.74) is 2.52. The number of hydrogen-bond donors (Lipinski definition) is 1. The van der Waals surface area contributed by atoms with E-state index in [-0.39, 0.29) is 0 Å². The zero-order valence-electron chi connectivity index (χ0n) is 10.6. The summed E-state index contributed by atoms with van der Waals surface area (Å²) in [5, 5.41) is 2.73. The average molecular weight is 358 g/mol. The van der Waals surface area contributed by atoms with Crippen LogP contribution in [-0.4, -0.2) is 15.4 Å². The third-order valence-electron chi connectivity index (χ3n) is 2.37. The summed E-state index contributed by atoms with van der Waals surface area (Å²) in [4.78, 5) is 16.0. The van der Waals surface area contributed by atoms with Crippen LogP contribution in [0.5, 0.6) is 0 Å². The second-order valence-electron chi connectivity index (χ2n) is 5.11. The van der Waals surface area contributed by atoms with Crippen molar-refractivity contribution in [1.82, 2.24) is 0 Å². The summed E-state index contributed by atoms with van der Waals surface area (Å²) < 4.78 is 6.19. The molecule has 1 aliphatic rings. The van der Waals surface area contributed by atoms with E-state index in [1.807, 2.05) is 39.0 Å². The summed E-state index contributed by atoms with van der Waals surface area (Å²) in [6.45, 7) is 6.24. The van der Waals surface area contributed by atoms with Crippen LogP contribution in [0.15, 0.2) is 23.2 Å². The molecule has 0 atom stereocenters. The van der Waals surface area contributed by atoms with Crippen LogP contribution in [0.4, 0.5) is 10.5 Å². The summed E-state index contributed by atoms with van der Waals surface area (Å²) in [6, 6.07) is 5.78. The standard InChI is InChI=1S/C13H15IN2O2/c1-13(2,3)18-12(17)16-9-5-4-8-7-15-11(14)10(8)6-9/h4-6H,7H2,1-3H3,(H,16,17). The Hall–Kier alpha value is -1.11. The second-order valence-corrected chi connectivity index (χ2v) is 6.13. The molecule has 1 amide bonds. The van der Waals surface area contributed by atoms with E-state index >= 15 is 0 Å². The first-order valence-corrected chi connectivity index (χ1v) is 6.76. The number of ether oxygens (including phenoxy) is 1. The highest BCUT2D eigenvalue weighted by atomic mass is 127. The first-order chi connectivity index (χ1) is 8.35. The molecule has 1 heterocycles. The minimum Gasteiger partial charge on any atom is -0.444 e. The SMILES string of the molecule is CC(C)(C)OC(=O)Nc1ccc2c(c1)C(I)=NC2. The van der Waals surface area contributed by atoms with Gasteiger partial charge in [0.1, 0.15) is 9.32 Å². The number of anilines is 1. The molecule has 0 saturated heterocycles. The lowest BCUT2D eigenvalue weighted by Crippen LogP contribution is -2.27. The summed E-state index contributed by atoms with van der Waals surface area (Å²) in [7, 11) is 0. The molecule has 1 aliphatic heterocycles. The Morgan fingerprint density at radius 2 is 2.17 bits per heavy atom. The fourth-order valence-electron chi connectivity index (χ4n) is 1.65. The molecule has 1 aromatic carbocycles. The lowest BCUT2D eigenvalue weighted by atomic mass is 10.1. The van der Waals surface area contributed by atoms with Crippen LogP contribution >= 0.6 is 22.6 Å². The van der Waals surface area contributed by atoms with Gasteiger partial charge in [0.15, 0.2) is 0 Å². The Labute approximate surface area is 120 Å². The Bertz CT molecular complexity index is 518. The molecule has 0 aliphatic carbocycles. The highest BCUT2D eigenvalue weighted by Gasteiger charge is 2.18. The predicted molar refractivity (Wildman–Crippen MR) is 80.6 cm³/mol. The molecule has 2 rings (SSSR count). The van der Waals surface area contributed by atoms with Crippen molar-refractivity contribution >= 4 is 38.1 Å². The largest absolute Gasteiger partial charge is 0.444 e. The van der Waals surface area contributed by atoms with Gasteiger partial charge in [-0.25, -0.2) is 4.79 Å². The number of rotatable bonds is 1. The van der Waals surface area contributed by atoms with Crippen LogP contribution in [0, 0.1) is 0 Å². The van der Waals surface area contributed by atoms with E-state index in [4.69, 9.17) is 4.74 Å². The zero-order chi connectivity index (χ0) is 13.3. The number of hydrogen-bond acceptors (Lipinski definition) is 3. The number of fused-ring (bicyclic) bond motifs is 1. The Morgan fingerprint density at radius 3 is 2.83 bits per heavy atom. The minimum absolute atomic E-state index is 0.438. The molecule has 5 heteroatoms. The van der Waals surface area contributed by atoms with Gasteiger partial charge in [0.05, 0.1) is 6.54 Å². The normalized spacial score (nSPS) is 13.9. The molecule has 0 spiro atoms. The maximum Gasteiger partial charge on any atom is 0.412 e. The lowest BCUT2D eigenvalue weighted by molar-refractivity contribution is 0.0636. The van der Waals surface area contributed by atoms with E-state index in [0.717, 1.165) is 21.5 Å². The number of benzene rings is 1. The topological polar surface area (TPSA) is 50.7 Å². The third kappa shape index (κ3) is 3.22. The van der Waals surface area contributed by atoms with Gasteiger partial charge in [-0.15, -0.1) is 0 Å². The van der Waals surface area contributed by atoms with E-state index in [0.29, 0.717) is 0 Å². The van der Waals surface area contributed by atoms with Crippen LogP contribution in [0.2, 0.25) is 0 Å². The van der Waals surface area contributed by atoms with Gasteiger partial charge < -0.3 is 4.74 Å². The quantitative estimate of drug-likeness (QED) is 0.778. The fraction of sp³-hybridized carbons (Fsp3) is 0.385. The molecule has 1 N–H and O–H groups in total. The van der Waals surface area contributed by atoms with Gasteiger partial charge in [-0.05, 0) is 61.1 Å². The van der Waals surface area contributed by atoms with Crippen molar-refractivity contribution in [1.29, 1.82) is 0 Å². The lowest BCUT2D eigenvalue weighted by Gasteiger charge is -2.19. The number of carbonyl (C=O) groups excluding carboxylic acids is 1. The molecule has 0 bridgehead atoms. The van der Waals surface area contributed by atoms with Crippen molar-refractivity contribution in [2.24, 2.45) is 4.99 Å². The van der Waals surface area contributed by atoms with E-state index in [2.05, 4.69) is 32.9 Å². The molecule has 18 heavy (non-hydrogen) atoms. The minimum atomic E-state index is -0.489. The molecule has 1 aromatic rings. The van der Waals surface area contributed by atoms with Crippen LogP contribution in [-0.2, 0) is 11.3 Å². The molecule has 0 fully saturated rings. The molecule has 0 unspecified atom stereocenters. The summed E-state index contributed by atoms with van der Waals surface area (Å²) in [6.07, 6.45) is -0.438. The van der Waals surface area contributed by atoms with Crippen molar-refractivity contribution < 1.29 is 9.53 Å². The zero-order valence-corrected chi connectivity index (χ0v) is 12.7. The number of carbonyl (C=O) groups is 1. The van der Waals surface area contributed by atoms with Crippen molar-refractivity contribution in [3.05, 3.63) is 29.3 Å². The number of aliphatic imine (C=N–C) groups is 1. The van der Waals surface area contributed by atoms with Crippen molar-refractivity contribution in [2.45, 2.75) is 32.9 Å². The first-order valence-electron chi connectivity index (χ1n) is 5.68. The number of nitrogens with zero attached hydrogens (tertiary/aromatic N) is 1. The molecule has 0 radical (unpaired) electrons. The van der Waals surface area contributed by atoms with Gasteiger partial charge in [-0.1, -0.05) is 6.07 Å². The van der Waals surface area contributed by atoms with Gasteiger partial charge in [-0.3, -0.25) is 10.3 Å². The van der Waals surface area contributed by atoms with Gasteiger partial charge in [0.25, 0.3) is 0 Å². The Kier molecular flexibility index (Phi) is 3.61. The smallest absolute Gasteiger partial charge is 0.412 e. The van der Waals surface area contributed by atoms with Gasteiger partial charge in [0.2, 0.25) is 0 Å². The highest BCUT2D eigenvalue weighted by molar-refractivity contribution is 14.1. The van der Waals surface area contributed by atoms with Gasteiger partial charge >= 0.3 is 6.09 Å². The summed E-state index contributed by atoms with van der Waals surface area (Å²) in [5.74, 6) is 0. The third-order valence-corrected chi connectivity index (χ3v) is 3.29. The highest BCUT2D eigenvalue weighted by Crippen LogP contribution is 2.25. The van der Waals surface area contributed by atoms with Crippen molar-refractivity contribution in [2.75, 3.05) is 5.32 Å². The predicted octanol–water partition coefficient (Wildman–Crippen LogP) is 3.73. The van der Waals surface area contributed by atoms with Gasteiger partial charge in [-0.2, -0.15) is 0 Å². The van der Waals surface area contributed by atoms with Crippen LogP contribution in [0.25, 0.3) is 0 Å². The van der Waals surface area contributed by atoms with E-state index in [9.17, 15) is 4.79 Å². The van der Waals surface area contributed by atoms with E-state index in [1.54, 1.807) is 0 Å². The molecule has 0 aromatic heterocycles. The molecule has 96 valence electrons. The second kappa shape index (κ2) is 4.87.